The van der Waals surface area contributed by atoms with E-state index in [9.17, 15) is 18.1 Å². The third-order valence-corrected chi connectivity index (χ3v) is 3.63. The van der Waals surface area contributed by atoms with E-state index in [1.54, 1.807) is 6.07 Å². The normalized spacial score (nSPS) is 12.9. The maximum absolute atomic E-state index is 10.6. The first-order valence-corrected chi connectivity index (χ1v) is 7.25. The molecule has 0 aliphatic carbocycles. The minimum absolute atomic E-state index is 0. The Hall–Kier alpha value is 1.07. The topological polar surface area (TPSA) is 89.9 Å². The number of aliphatic hydroxyl groups excluding tert-OH is 1. The molecule has 0 amide bonds. The molecule has 6 nitrogen and oxygen atoms in total. The van der Waals surface area contributed by atoms with E-state index in [1.165, 1.54) is 12.1 Å². The van der Waals surface area contributed by atoms with Crippen molar-refractivity contribution in [2.45, 2.75) is 6.10 Å². The quantitative estimate of drug-likeness (QED) is 0.469. The summed E-state index contributed by atoms with van der Waals surface area (Å²) >= 11 is 11.6. The fraction of sp³-hybridized carbons (Fsp3) is 0.400. The predicted molar refractivity (Wildman–Crippen MR) is 70.3 cm³/mol. The van der Waals surface area contributed by atoms with Crippen LogP contribution in [-0.2, 0) is 10.3 Å². The summed E-state index contributed by atoms with van der Waals surface area (Å²) in [4.78, 5) is 0. The molecule has 0 saturated carbocycles. The predicted octanol–water partition coefficient (Wildman–Crippen LogP) is -1.87. The Morgan fingerprint density at radius 2 is 2.05 bits per heavy atom. The summed E-state index contributed by atoms with van der Waals surface area (Å²) in [5.41, 5.74) is 0. The Morgan fingerprint density at radius 3 is 2.60 bits per heavy atom. The van der Waals surface area contributed by atoms with Crippen molar-refractivity contribution in [2.75, 3.05) is 20.2 Å². The molecule has 10 heteroatoms. The summed E-state index contributed by atoms with van der Waals surface area (Å²) < 4.78 is 37.5. The first kappa shape index (κ1) is 21.1. The molecule has 20 heavy (non-hydrogen) atoms. The largest absolute Gasteiger partial charge is 1.00 e. The number of rotatable bonds is 6. The van der Waals surface area contributed by atoms with Gasteiger partial charge in [0.05, 0.1) is 5.02 Å². The summed E-state index contributed by atoms with van der Waals surface area (Å²) in [6.45, 7) is -0.593. The second kappa shape index (κ2) is 9.26. The van der Waals surface area contributed by atoms with Crippen LogP contribution in [0.25, 0.3) is 0 Å². The molecule has 0 aliphatic heterocycles. The molecule has 1 aromatic carbocycles. The zero-order chi connectivity index (χ0) is 14.6. The average Bonchev–Trinajstić information content (AvgIpc) is 2.29. The van der Waals surface area contributed by atoms with E-state index < -0.39 is 16.4 Å². The molecule has 0 bridgehead atoms. The molecule has 1 aromatic rings. The number of likely N-dealkylation sites (N-methyl/N-ethyl adjacent to an activating group) is 1. The zero-order valence-electron chi connectivity index (χ0n) is 10.9. The van der Waals surface area contributed by atoms with Crippen molar-refractivity contribution in [2.24, 2.45) is 0 Å². The summed E-state index contributed by atoms with van der Waals surface area (Å²) in [6.07, 6.45) is -1.16. The molecule has 0 heterocycles. The van der Waals surface area contributed by atoms with Crippen molar-refractivity contribution in [3.8, 4) is 5.75 Å². The van der Waals surface area contributed by atoms with Gasteiger partial charge in [-0.3, -0.25) is 0 Å². The van der Waals surface area contributed by atoms with Crippen LogP contribution in [0.1, 0.15) is 0 Å². The smallest absolute Gasteiger partial charge is 0.735 e. The van der Waals surface area contributed by atoms with Crippen molar-refractivity contribution in [3.05, 3.63) is 28.2 Å². The number of aliphatic hydroxyl groups is 1. The van der Waals surface area contributed by atoms with Crippen molar-refractivity contribution < 1.29 is 74.2 Å². The van der Waals surface area contributed by atoms with Crippen LogP contribution in [-0.4, -0.2) is 48.7 Å². The van der Waals surface area contributed by atoms with E-state index in [1.807, 2.05) is 0 Å². The number of ether oxygens (including phenoxy) is 1. The van der Waals surface area contributed by atoms with E-state index in [-0.39, 0.29) is 70.3 Å². The number of halogens is 2. The molecule has 1 rings (SSSR count). The van der Waals surface area contributed by atoms with Crippen LogP contribution >= 0.6 is 23.2 Å². The van der Waals surface area contributed by atoms with Crippen molar-refractivity contribution >= 4 is 33.5 Å². The van der Waals surface area contributed by atoms with Gasteiger partial charge in [-0.05, 0) is 12.1 Å². The van der Waals surface area contributed by atoms with Crippen molar-refractivity contribution in [3.63, 3.8) is 0 Å². The number of benzene rings is 1. The Labute approximate surface area is 170 Å². The van der Waals surface area contributed by atoms with Crippen molar-refractivity contribution in [1.82, 2.24) is 4.31 Å². The average molecular weight is 368 g/mol. The minimum Gasteiger partial charge on any atom is -0.735 e. The first-order chi connectivity index (χ1) is 8.70. The molecule has 1 atom stereocenters. The van der Waals surface area contributed by atoms with E-state index >= 15 is 0 Å². The van der Waals surface area contributed by atoms with Gasteiger partial charge in [0, 0.05) is 24.7 Å². The molecule has 1 N–H and O–H groups in total. The fourth-order valence-corrected chi connectivity index (χ4v) is 1.90. The molecule has 0 spiro atoms. The second-order valence-electron chi connectivity index (χ2n) is 3.78. The monoisotopic (exact) mass is 367 g/mol. The standard InChI is InChI=1S/C10H13Cl2NO5S.K/c1-13(19(15,16)17)5-8(14)6-18-10-4-7(11)2-3-9(10)12;/h2-4,8,14H,5-6H2,1H3,(H,15,16,17);/q;+1/p-1. The van der Waals surface area contributed by atoms with Gasteiger partial charge in [-0.2, -0.15) is 0 Å². The zero-order valence-corrected chi connectivity index (χ0v) is 16.4. The van der Waals surface area contributed by atoms with Gasteiger partial charge in [0.1, 0.15) is 18.5 Å². The summed E-state index contributed by atoms with van der Waals surface area (Å²) in [7, 11) is -3.51. The van der Waals surface area contributed by atoms with Gasteiger partial charge in [-0.15, -0.1) is 0 Å². The van der Waals surface area contributed by atoms with E-state index in [2.05, 4.69) is 0 Å². The Kier molecular flexibility index (Phi) is 9.75. The minimum atomic E-state index is -4.58. The third-order valence-electron chi connectivity index (χ3n) is 2.17. The second-order valence-corrected chi connectivity index (χ2v) is 6.10. The van der Waals surface area contributed by atoms with Crippen LogP contribution in [0.15, 0.2) is 18.2 Å². The number of hydrogen-bond donors (Lipinski definition) is 1. The van der Waals surface area contributed by atoms with Gasteiger partial charge in [-0.25, -0.2) is 12.7 Å². The van der Waals surface area contributed by atoms with Gasteiger partial charge in [-0.1, -0.05) is 23.2 Å². The molecule has 0 aliphatic rings. The number of hydrogen-bond acceptors (Lipinski definition) is 5. The van der Waals surface area contributed by atoms with E-state index in [0.717, 1.165) is 7.05 Å². The fourth-order valence-electron chi connectivity index (χ4n) is 1.21. The molecule has 0 aromatic heterocycles. The molecule has 0 radical (unpaired) electrons. The van der Waals surface area contributed by atoms with Crippen LogP contribution in [0, 0.1) is 0 Å². The first-order valence-electron chi connectivity index (χ1n) is 5.13. The molecule has 108 valence electrons. The van der Waals surface area contributed by atoms with Crippen LogP contribution in [0.5, 0.6) is 5.75 Å². The molecule has 1 unspecified atom stereocenters. The maximum atomic E-state index is 10.6. The maximum Gasteiger partial charge on any atom is 1.00 e. The van der Waals surface area contributed by atoms with Gasteiger partial charge in [0.25, 0.3) is 0 Å². The van der Waals surface area contributed by atoms with E-state index in [0.29, 0.717) is 14.4 Å². The van der Waals surface area contributed by atoms with E-state index in [4.69, 9.17) is 27.9 Å². The number of nitrogens with zero attached hydrogens (tertiary/aromatic N) is 1. The molecular weight excluding hydrogens is 356 g/mol. The summed E-state index contributed by atoms with van der Waals surface area (Å²) in [5, 5.41) is 10.3. The van der Waals surface area contributed by atoms with Crippen molar-refractivity contribution in [1.29, 1.82) is 0 Å². The third kappa shape index (κ3) is 7.37. The Bertz CT molecular complexity index is 542. The Balaban J connectivity index is 0.00000361. The van der Waals surface area contributed by atoms with Gasteiger partial charge >= 0.3 is 51.4 Å². The summed E-state index contributed by atoms with van der Waals surface area (Å²) in [6, 6.07) is 4.56. The van der Waals surface area contributed by atoms with Gasteiger partial charge in [0.2, 0.25) is 0 Å². The molecular formula is C10H12Cl2KNO5S. The van der Waals surface area contributed by atoms with Gasteiger partial charge in [0.15, 0.2) is 10.3 Å². The van der Waals surface area contributed by atoms with Gasteiger partial charge < -0.3 is 14.4 Å². The molecule has 0 saturated heterocycles. The van der Waals surface area contributed by atoms with Crippen LogP contribution < -0.4 is 56.1 Å². The van der Waals surface area contributed by atoms with Crippen LogP contribution in [0.4, 0.5) is 0 Å². The van der Waals surface area contributed by atoms with Crippen LogP contribution in [0.2, 0.25) is 10.0 Å². The summed E-state index contributed by atoms with van der Waals surface area (Å²) in [5.74, 6) is 0.265. The van der Waals surface area contributed by atoms with Crippen LogP contribution in [0.3, 0.4) is 0 Å². The molecule has 0 fully saturated rings. The SMILES string of the molecule is CN(CC(O)COc1cc(Cl)ccc1Cl)S(=O)(=O)[O-].[K+]. The Morgan fingerprint density at radius 1 is 1.45 bits per heavy atom.